The third kappa shape index (κ3) is 1.96. The maximum Gasteiger partial charge on any atom is 0.248 e. The molecule has 0 spiro atoms. The van der Waals surface area contributed by atoms with Gasteiger partial charge in [0.2, 0.25) is 5.95 Å². The van der Waals surface area contributed by atoms with Gasteiger partial charge in [0, 0.05) is 0 Å². The van der Waals surface area contributed by atoms with Gasteiger partial charge in [-0.25, -0.2) is 0 Å². The highest BCUT2D eigenvalue weighted by molar-refractivity contribution is 5.40. The lowest BCUT2D eigenvalue weighted by Gasteiger charge is -2.20. The highest BCUT2D eigenvalue weighted by Gasteiger charge is 2.41. The van der Waals surface area contributed by atoms with Gasteiger partial charge in [-0.2, -0.15) is 4.68 Å². The number of ether oxygens (including phenoxy) is 1. The molecule has 2 fully saturated rings. The number of anilines is 1. The number of aromatic nitrogens is 4. The summed E-state index contributed by atoms with van der Waals surface area (Å²) in [5.41, 5.74) is 2.19. The summed E-state index contributed by atoms with van der Waals surface area (Å²) >= 11 is 0. The predicted octanol–water partition coefficient (Wildman–Crippen LogP) is 1.70. The quantitative estimate of drug-likeness (QED) is 0.920. The summed E-state index contributed by atoms with van der Waals surface area (Å²) in [6.07, 6.45) is 4.09. The van der Waals surface area contributed by atoms with Gasteiger partial charge in [-0.05, 0) is 48.7 Å². The van der Waals surface area contributed by atoms with Crippen LogP contribution in [0.3, 0.4) is 0 Å². The molecule has 2 saturated heterocycles. The molecule has 6 heteroatoms. The van der Waals surface area contributed by atoms with Gasteiger partial charge in [0.25, 0.3) is 0 Å². The first-order chi connectivity index (χ1) is 9.79. The molecule has 0 unspecified atom stereocenters. The van der Waals surface area contributed by atoms with E-state index in [1.807, 2.05) is 12.1 Å². The molecule has 1 N–H and O–H groups in total. The molecular weight excluding hydrogens is 254 g/mol. The molecule has 3 heterocycles. The molecule has 3 atom stereocenters. The predicted molar refractivity (Wildman–Crippen MR) is 73.8 cm³/mol. The SMILES string of the molecule is Cc1ccc(-n2nnnc2N[C@@H]2C[C@@H]3CC[C@@H]2O3)cc1. The van der Waals surface area contributed by atoms with Gasteiger partial charge >= 0.3 is 0 Å². The van der Waals surface area contributed by atoms with Crippen LogP contribution in [0.15, 0.2) is 24.3 Å². The van der Waals surface area contributed by atoms with Crippen molar-refractivity contribution in [1.29, 1.82) is 0 Å². The van der Waals surface area contributed by atoms with E-state index >= 15 is 0 Å². The molecular formula is C14H17N5O. The molecule has 2 aliphatic rings. The summed E-state index contributed by atoms with van der Waals surface area (Å²) in [6, 6.07) is 8.48. The van der Waals surface area contributed by atoms with Crippen LogP contribution in [0, 0.1) is 6.92 Å². The lowest BCUT2D eigenvalue weighted by atomic mass is 9.96. The molecule has 0 saturated carbocycles. The maximum atomic E-state index is 5.85. The molecule has 6 nitrogen and oxygen atoms in total. The average molecular weight is 271 g/mol. The fourth-order valence-electron chi connectivity index (χ4n) is 3.09. The standard InChI is InChI=1S/C14H17N5O/c1-9-2-4-10(5-3-9)19-14(16-17-18-19)15-12-8-11-6-7-13(12)20-11/h2-5,11-13H,6-8H2,1H3,(H,15,16,18)/t11-,12+,13-/m0/s1. The summed E-state index contributed by atoms with van der Waals surface area (Å²) in [7, 11) is 0. The minimum atomic E-state index is 0.308. The second-order valence-corrected chi connectivity index (χ2v) is 5.61. The molecule has 1 aromatic heterocycles. The summed E-state index contributed by atoms with van der Waals surface area (Å²) in [5.74, 6) is 0.690. The van der Waals surface area contributed by atoms with Crippen molar-refractivity contribution in [3.05, 3.63) is 29.8 Å². The van der Waals surface area contributed by atoms with E-state index in [4.69, 9.17) is 4.74 Å². The highest BCUT2D eigenvalue weighted by Crippen LogP contribution is 2.35. The second-order valence-electron chi connectivity index (χ2n) is 5.61. The number of nitrogens with zero attached hydrogens (tertiary/aromatic N) is 4. The van der Waals surface area contributed by atoms with Crippen LogP contribution in [0.4, 0.5) is 5.95 Å². The van der Waals surface area contributed by atoms with Crippen LogP contribution in [-0.4, -0.2) is 38.5 Å². The normalized spacial score (nSPS) is 27.9. The summed E-state index contributed by atoms with van der Waals surface area (Å²) in [4.78, 5) is 0. The monoisotopic (exact) mass is 271 g/mol. The van der Waals surface area contributed by atoms with E-state index in [0.717, 1.165) is 18.5 Å². The van der Waals surface area contributed by atoms with Crippen molar-refractivity contribution in [2.75, 3.05) is 5.32 Å². The second kappa shape index (κ2) is 4.56. The van der Waals surface area contributed by atoms with E-state index in [1.54, 1.807) is 4.68 Å². The Morgan fingerprint density at radius 1 is 1.25 bits per heavy atom. The van der Waals surface area contributed by atoms with Crippen LogP contribution in [-0.2, 0) is 4.74 Å². The van der Waals surface area contributed by atoms with Crippen LogP contribution < -0.4 is 5.32 Å². The van der Waals surface area contributed by atoms with Crippen molar-refractivity contribution in [1.82, 2.24) is 20.2 Å². The molecule has 2 aliphatic heterocycles. The number of aryl methyl sites for hydroxylation is 1. The van der Waals surface area contributed by atoms with Crippen molar-refractivity contribution in [2.45, 2.75) is 44.4 Å². The largest absolute Gasteiger partial charge is 0.373 e. The van der Waals surface area contributed by atoms with Crippen LogP contribution in [0.2, 0.25) is 0 Å². The fourth-order valence-corrected chi connectivity index (χ4v) is 3.09. The van der Waals surface area contributed by atoms with Crippen LogP contribution >= 0.6 is 0 Å². The lowest BCUT2D eigenvalue weighted by Crippen LogP contribution is -2.31. The number of hydrogen-bond acceptors (Lipinski definition) is 5. The van der Waals surface area contributed by atoms with E-state index in [9.17, 15) is 0 Å². The summed E-state index contributed by atoms with van der Waals surface area (Å²) < 4.78 is 7.60. The third-order valence-electron chi connectivity index (χ3n) is 4.17. The molecule has 104 valence electrons. The lowest BCUT2D eigenvalue weighted by molar-refractivity contribution is 0.102. The Morgan fingerprint density at radius 2 is 2.10 bits per heavy atom. The zero-order chi connectivity index (χ0) is 13.5. The number of hydrogen-bond donors (Lipinski definition) is 1. The Labute approximate surface area is 117 Å². The van der Waals surface area contributed by atoms with E-state index in [0.29, 0.717) is 24.2 Å². The molecule has 0 aliphatic carbocycles. The van der Waals surface area contributed by atoms with Gasteiger partial charge in [0.1, 0.15) is 0 Å². The van der Waals surface area contributed by atoms with Crippen molar-refractivity contribution < 1.29 is 4.74 Å². The smallest absolute Gasteiger partial charge is 0.248 e. The van der Waals surface area contributed by atoms with E-state index < -0.39 is 0 Å². The molecule has 1 aromatic carbocycles. The fraction of sp³-hybridized carbons (Fsp3) is 0.500. The number of benzene rings is 1. The van der Waals surface area contributed by atoms with Crippen LogP contribution in [0.1, 0.15) is 24.8 Å². The summed E-state index contributed by atoms with van der Waals surface area (Å²) in [6.45, 7) is 2.06. The summed E-state index contributed by atoms with van der Waals surface area (Å²) in [5, 5.41) is 15.4. The topological polar surface area (TPSA) is 64.9 Å². The molecule has 0 radical (unpaired) electrons. The Kier molecular flexibility index (Phi) is 2.70. The van der Waals surface area contributed by atoms with E-state index in [1.165, 1.54) is 12.0 Å². The van der Waals surface area contributed by atoms with Crippen molar-refractivity contribution in [3.8, 4) is 5.69 Å². The van der Waals surface area contributed by atoms with Gasteiger partial charge in [0.15, 0.2) is 0 Å². The van der Waals surface area contributed by atoms with Crippen LogP contribution in [0.5, 0.6) is 0 Å². The van der Waals surface area contributed by atoms with Gasteiger partial charge in [-0.3, -0.25) is 0 Å². The van der Waals surface area contributed by atoms with Crippen molar-refractivity contribution in [2.24, 2.45) is 0 Å². The first-order valence-electron chi connectivity index (χ1n) is 7.07. The zero-order valence-corrected chi connectivity index (χ0v) is 11.4. The molecule has 0 amide bonds. The van der Waals surface area contributed by atoms with Crippen molar-refractivity contribution in [3.63, 3.8) is 0 Å². The van der Waals surface area contributed by atoms with Gasteiger partial charge in [-0.1, -0.05) is 22.8 Å². The van der Waals surface area contributed by atoms with Gasteiger partial charge < -0.3 is 10.1 Å². The van der Waals surface area contributed by atoms with E-state index in [2.05, 4.69) is 39.9 Å². The van der Waals surface area contributed by atoms with Gasteiger partial charge in [0.05, 0.1) is 23.9 Å². The van der Waals surface area contributed by atoms with E-state index in [-0.39, 0.29) is 0 Å². The average Bonchev–Trinajstić information content (AvgIpc) is 3.16. The number of nitrogens with one attached hydrogen (secondary N) is 1. The first-order valence-corrected chi connectivity index (χ1v) is 7.07. The molecule has 2 aromatic rings. The first kappa shape index (κ1) is 11.8. The maximum absolute atomic E-state index is 5.85. The highest BCUT2D eigenvalue weighted by atomic mass is 16.5. The Balaban J connectivity index is 1.57. The van der Waals surface area contributed by atoms with Crippen LogP contribution in [0.25, 0.3) is 5.69 Å². The molecule has 2 bridgehead atoms. The molecule has 4 rings (SSSR count). The van der Waals surface area contributed by atoms with Gasteiger partial charge in [-0.15, -0.1) is 0 Å². The zero-order valence-electron chi connectivity index (χ0n) is 11.4. The molecule has 20 heavy (non-hydrogen) atoms. The Morgan fingerprint density at radius 3 is 2.80 bits per heavy atom. The Bertz CT molecular complexity index is 608. The number of tetrazole rings is 1. The third-order valence-corrected chi connectivity index (χ3v) is 4.17. The number of rotatable bonds is 3. The Hall–Kier alpha value is -1.95. The van der Waals surface area contributed by atoms with Crippen molar-refractivity contribution >= 4 is 5.95 Å². The minimum Gasteiger partial charge on any atom is -0.373 e. The number of fused-ring (bicyclic) bond motifs is 2. The minimum absolute atomic E-state index is 0.308.